The lowest BCUT2D eigenvalue weighted by atomic mass is 9.87. The molecule has 1 unspecified atom stereocenters. The fourth-order valence-electron chi connectivity index (χ4n) is 4.44. The molecule has 5 nitrogen and oxygen atoms in total. The Balaban J connectivity index is 1.72. The first kappa shape index (κ1) is 23.2. The fourth-order valence-corrected chi connectivity index (χ4v) is 4.44. The standard InChI is InChI=1S/C28H27FN4O/c1-2-32-20-26(24-11-3-4-12-27(24)32)25(22-9-5-10-23(29)16-22)17-28(34)33(15-7-13-30)19-21-8-6-14-31-18-21/h3-6,8-12,14,16,18,20,25H,2,7,15,17,19H2,1H3. The van der Waals surface area contributed by atoms with E-state index in [2.05, 4.69) is 40.9 Å². The van der Waals surface area contributed by atoms with Crippen LogP contribution in [0.25, 0.3) is 10.9 Å². The van der Waals surface area contributed by atoms with Crippen LogP contribution in [0.5, 0.6) is 0 Å². The number of aryl methyl sites for hydroxylation is 1. The normalized spacial score (nSPS) is 11.8. The Morgan fingerprint density at radius 1 is 1.18 bits per heavy atom. The maximum atomic E-state index is 14.2. The van der Waals surface area contributed by atoms with Crippen LogP contribution in [0.2, 0.25) is 0 Å². The zero-order valence-electron chi connectivity index (χ0n) is 19.2. The smallest absolute Gasteiger partial charge is 0.223 e. The highest BCUT2D eigenvalue weighted by Crippen LogP contribution is 2.35. The maximum absolute atomic E-state index is 14.2. The molecular formula is C28H27FN4O. The van der Waals surface area contributed by atoms with Gasteiger partial charge in [0.2, 0.25) is 5.91 Å². The quantitative estimate of drug-likeness (QED) is 0.328. The van der Waals surface area contributed by atoms with E-state index in [0.29, 0.717) is 13.1 Å². The predicted molar refractivity (Wildman–Crippen MR) is 130 cm³/mol. The molecule has 2 aromatic heterocycles. The molecule has 0 fully saturated rings. The van der Waals surface area contributed by atoms with Gasteiger partial charge in [0, 0.05) is 61.5 Å². The number of para-hydroxylation sites is 1. The van der Waals surface area contributed by atoms with Crippen LogP contribution in [0, 0.1) is 17.1 Å². The van der Waals surface area contributed by atoms with Gasteiger partial charge in [-0.05, 0) is 47.9 Å². The van der Waals surface area contributed by atoms with Gasteiger partial charge in [0.1, 0.15) is 5.82 Å². The number of nitriles is 1. The van der Waals surface area contributed by atoms with E-state index in [1.54, 1.807) is 23.4 Å². The molecule has 34 heavy (non-hydrogen) atoms. The molecule has 0 spiro atoms. The number of fused-ring (bicyclic) bond motifs is 1. The van der Waals surface area contributed by atoms with Crippen LogP contribution >= 0.6 is 0 Å². The SMILES string of the molecule is CCn1cc(C(CC(=O)N(CCC#N)Cc2cccnc2)c2cccc(F)c2)c2ccccc21. The maximum Gasteiger partial charge on any atom is 0.223 e. The van der Waals surface area contributed by atoms with Crippen LogP contribution in [-0.2, 0) is 17.9 Å². The highest BCUT2D eigenvalue weighted by molar-refractivity contribution is 5.86. The molecule has 0 saturated heterocycles. The molecule has 0 radical (unpaired) electrons. The van der Waals surface area contributed by atoms with Crippen molar-refractivity contribution in [2.24, 2.45) is 0 Å². The zero-order valence-corrected chi connectivity index (χ0v) is 19.2. The summed E-state index contributed by atoms with van der Waals surface area (Å²) in [6.07, 6.45) is 5.91. The van der Waals surface area contributed by atoms with Crippen molar-refractivity contribution in [1.82, 2.24) is 14.5 Å². The predicted octanol–water partition coefficient (Wildman–Crippen LogP) is 5.66. The monoisotopic (exact) mass is 454 g/mol. The van der Waals surface area contributed by atoms with Crippen LogP contribution in [-0.4, -0.2) is 26.9 Å². The van der Waals surface area contributed by atoms with Crippen molar-refractivity contribution in [3.05, 3.63) is 102 Å². The topological polar surface area (TPSA) is 61.9 Å². The van der Waals surface area contributed by atoms with Gasteiger partial charge in [-0.3, -0.25) is 9.78 Å². The summed E-state index contributed by atoms with van der Waals surface area (Å²) in [4.78, 5) is 19.4. The lowest BCUT2D eigenvalue weighted by Crippen LogP contribution is -2.32. The fraction of sp³-hybridized carbons (Fsp3) is 0.250. The van der Waals surface area contributed by atoms with Gasteiger partial charge in [-0.15, -0.1) is 0 Å². The summed E-state index contributed by atoms with van der Waals surface area (Å²) in [6.45, 7) is 3.58. The molecule has 0 saturated carbocycles. The van der Waals surface area contributed by atoms with Gasteiger partial charge < -0.3 is 9.47 Å². The minimum absolute atomic E-state index is 0.0818. The second kappa shape index (κ2) is 10.8. The van der Waals surface area contributed by atoms with Gasteiger partial charge in [0.15, 0.2) is 0 Å². The number of amides is 1. The molecule has 1 atom stereocenters. The third kappa shape index (κ3) is 5.15. The van der Waals surface area contributed by atoms with Gasteiger partial charge >= 0.3 is 0 Å². The average molecular weight is 455 g/mol. The molecule has 2 heterocycles. The van der Waals surface area contributed by atoms with Crippen molar-refractivity contribution >= 4 is 16.8 Å². The summed E-state index contributed by atoms with van der Waals surface area (Å²) in [5.41, 5.74) is 3.75. The molecular weight excluding hydrogens is 427 g/mol. The van der Waals surface area contributed by atoms with Crippen LogP contribution in [0.15, 0.2) is 79.3 Å². The van der Waals surface area contributed by atoms with E-state index in [1.165, 1.54) is 12.1 Å². The molecule has 172 valence electrons. The van der Waals surface area contributed by atoms with Gasteiger partial charge in [0.25, 0.3) is 0 Å². The molecule has 0 bridgehead atoms. The minimum Gasteiger partial charge on any atom is -0.347 e. The largest absolute Gasteiger partial charge is 0.347 e. The van der Waals surface area contributed by atoms with Crippen molar-refractivity contribution in [2.75, 3.05) is 6.54 Å². The number of rotatable bonds is 9. The van der Waals surface area contributed by atoms with Gasteiger partial charge in [-0.2, -0.15) is 5.26 Å². The van der Waals surface area contributed by atoms with E-state index < -0.39 is 0 Å². The first-order valence-electron chi connectivity index (χ1n) is 11.5. The number of hydrogen-bond donors (Lipinski definition) is 0. The van der Waals surface area contributed by atoms with Crippen LogP contribution in [0.4, 0.5) is 4.39 Å². The number of halogens is 1. The van der Waals surface area contributed by atoms with Crippen LogP contribution in [0.1, 0.15) is 42.4 Å². The summed E-state index contributed by atoms with van der Waals surface area (Å²) >= 11 is 0. The molecule has 1 amide bonds. The number of benzene rings is 2. The number of carbonyl (C=O) groups is 1. The summed E-state index contributed by atoms with van der Waals surface area (Å²) in [6, 6.07) is 20.5. The molecule has 0 aliphatic carbocycles. The first-order chi connectivity index (χ1) is 16.6. The van der Waals surface area contributed by atoms with Crippen LogP contribution in [0.3, 0.4) is 0 Å². The Bertz CT molecular complexity index is 1310. The van der Waals surface area contributed by atoms with E-state index in [1.807, 2.05) is 30.3 Å². The highest BCUT2D eigenvalue weighted by atomic mass is 19.1. The Morgan fingerprint density at radius 3 is 2.76 bits per heavy atom. The molecule has 6 heteroatoms. The van der Waals surface area contributed by atoms with E-state index in [-0.39, 0.29) is 30.5 Å². The highest BCUT2D eigenvalue weighted by Gasteiger charge is 2.25. The van der Waals surface area contributed by atoms with Crippen molar-refractivity contribution < 1.29 is 9.18 Å². The van der Waals surface area contributed by atoms with Crippen LogP contribution < -0.4 is 0 Å². The van der Waals surface area contributed by atoms with Crippen molar-refractivity contribution in [3.63, 3.8) is 0 Å². The Kier molecular flexibility index (Phi) is 7.34. The Labute approximate surface area is 199 Å². The Hall–Kier alpha value is -3.98. The minimum atomic E-state index is -0.328. The summed E-state index contributed by atoms with van der Waals surface area (Å²) in [7, 11) is 0. The van der Waals surface area contributed by atoms with Crippen molar-refractivity contribution in [3.8, 4) is 6.07 Å². The zero-order chi connectivity index (χ0) is 23.9. The van der Waals surface area contributed by atoms with E-state index in [9.17, 15) is 9.18 Å². The molecule has 0 aliphatic heterocycles. The van der Waals surface area contributed by atoms with Crippen molar-refractivity contribution in [1.29, 1.82) is 5.26 Å². The number of nitrogens with zero attached hydrogens (tertiary/aromatic N) is 4. The molecule has 0 aliphatic rings. The summed E-state index contributed by atoms with van der Waals surface area (Å²) in [5, 5.41) is 10.2. The number of aromatic nitrogens is 2. The molecule has 0 N–H and O–H groups in total. The lowest BCUT2D eigenvalue weighted by molar-refractivity contribution is -0.132. The third-order valence-corrected chi connectivity index (χ3v) is 6.11. The van der Waals surface area contributed by atoms with Gasteiger partial charge in [0.05, 0.1) is 12.5 Å². The molecule has 4 rings (SSSR count). The molecule has 2 aromatic carbocycles. The van der Waals surface area contributed by atoms with E-state index >= 15 is 0 Å². The summed E-state index contributed by atoms with van der Waals surface area (Å²) < 4.78 is 16.4. The molecule has 4 aromatic rings. The average Bonchev–Trinajstić information content (AvgIpc) is 3.24. The third-order valence-electron chi connectivity index (χ3n) is 6.11. The van der Waals surface area contributed by atoms with Gasteiger partial charge in [-0.1, -0.05) is 36.4 Å². The number of hydrogen-bond acceptors (Lipinski definition) is 3. The van der Waals surface area contributed by atoms with Crippen molar-refractivity contribution in [2.45, 2.75) is 38.8 Å². The second-order valence-electron chi connectivity index (χ2n) is 8.28. The Morgan fingerprint density at radius 2 is 2.03 bits per heavy atom. The van der Waals surface area contributed by atoms with E-state index in [0.717, 1.165) is 34.1 Å². The summed E-state index contributed by atoms with van der Waals surface area (Å²) in [5.74, 6) is -0.730. The first-order valence-corrected chi connectivity index (χ1v) is 11.5. The van der Waals surface area contributed by atoms with Gasteiger partial charge in [-0.25, -0.2) is 4.39 Å². The van der Waals surface area contributed by atoms with E-state index in [4.69, 9.17) is 5.26 Å². The lowest BCUT2D eigenvalue weighted by Gasteiger charge is -2.25. The second-order valence-corrected chi connectivity index (χ2v) is 8.28. The number of carbonyl (C=O) groups excluding carboxylic acids is 1. The number of pyridine rings is 1.